The molecule has 0 N–H and O–H groups in total. The van der Waals surface area contributed by atoms with Gasteiger partial charge in [0.1, 0.15) is 18.0 Å². The first-order valence-electron chi connectivity index (χ1n) is 10.9. The number of epoxide rings is 1. The van der Waals surface area contributed by atoms with Crippen molar-refractivity contribution < 1.29 is 9.47 Å². The van der Waals surface area contributed by atoms with Crippen LogP contribution in [-0.2, 0) is 11.2 Å². The second-order valence-electron chi connectivity index (χ2n) is 8.35. The van der Waals surface area contributed by atoms with Gasteiger partial charge in [0.15, 0.2) is 5.82 Å². The largest absolute Gasteiger partial charge is 0.491 e. The minimum Gasteiger partial charge on any atom is -0.491 e. The molecule has 0 radical (unpaired) electrons. The Morgan fingerprint density at radius 2 is 1.53 bits per heavy atom. The first-order valence-corrected chi connectivity index (χ1v) is 10.9. The molecule has 1 fully saturated rings. The lowest BCUT2D eigenvalue weighted by molar-refractivity contribution is 0.202. The molecule has 1 aliphatic rings. The quantitative estimate of drug-likeness (QED) is 0.304. The highest BCUT2D eigenvalue weighted by Gasteiger charge is 2.40. The third-order valence-electron chi connectivity index (χ3n) is 5.55. The molecule has 0 saturated carbocycles. The molecule has 1 aromatic heterocycles. The van der Waals surface area contributed by atoms with Gasteiger partial charge in [0, 0.05) is 23.5 Å². The molecule has 2 aromatic carbocycles. The van der Waals surface area contributed by atoms with E-state index in [2.05, 4.69) is 48.1 Å². The molecule has 4 rings (SSSR count). The van der Waals surface area contributed by atoms with E-state index in [1.807, 2.05) is 36.7 Å². The van der Waals surface area contributed by atoms with Crippen molar-refractivity contribution in [2.45, 2.75) is 51.6 Å². The SMILES string of the molecule is CCCCCCc1ccc(-c2cnc(-c3ccc(OC[C@@]4(C)CO4)cc3)nc2)cc1. The summed E-state index contributed by atoms with van der Waals surface area (Å²) in [5.74, 6) is 1.55. The normalized spacial score (nSPS) is 17.7. The van der Waals surface area contributed by atoms with Crippen molar-refractivity contribution in [1.29, 1.82) is 0 Å². The van der Waals surface area contributed by atoms with Crippen LogP contribution in [0.15, 0.2) is 60.9 Å². The van der Waals surface area contributed by atoms with Gasteiger partial charge in [-0.1, -0.05) is 50.5 Å². The van der Waals surface area contributed by atoms with Crippen LogP contribution in [0.25, 0.3) is 22.5 Å². The molecule has 0 amide bonds. The molecule has 0 unspecified atom stereocenters. The van der Waals surface area contributed by atoms with Gasteiger partial charge in [-0.3, -0.25) is 0 Å². The summed E-state index contributed by atoms with van der Waals surface area (Å²) in [6.45, 7) is 5.65. The third kappa shape index (κ3) is 5.45. The molecule has 1 atom stereocenters. The fraction of sp³-hybridized carbons (Fsp3) is 0.385. The van der Waals surface area contributed by atoms with E-state index in [4.69, 9.17) is 9.47 Å². The van der Waals surface area contributed by atoms with Gasteiger partial charge in [-0.05, 0) is 55.2 Å². The van der Waals surface area contributed by atoms with E-state index >= 15 is 0 Å². The molecular weight excluding hydrogens is 372 g/mol. The van der Waals surface area contributed by atoms with Crippen molar-refractivity contribution in [2.75, 3.05) is 13.2 Å². The van der Waals surface area contributed by atoms with Crippen LogP contribution in [0.5, 0.6) is 5.75 Å². The van der Waals surface area contributed by atoms with E-state index in [0.717, 1.165) is 41.3 Å². The molecular formula is C26H30N2O2. The van der Waals surface area contributed by atoms with Gasteiger partial charge >= 0.3 is 0 Å². The van der Waals surface area contributed by atoms with Crippen LogP contribution in [0, 0.1) is 0 Å². The fourth-order valence-corrected chi connectivity index (χ4v) is 3.39. The minimum atomic E-state index is -0.106. The molecule has 0 bridgehead atoms. The summed E-state index contributed by atoms with van der Waals surface area (Å²) in [6.07, 6.45) is 10.1. The monoisotopic (exact) mass is 402 g/mol. The van der Waals surface area contributed by atoms with Gasteiger partial charge in [-0.25, -0.2) is 9.97 Å². The average molecular weight is 403 g/mol. The molecule has 4 heteroatoms. The highest BCUT2D eigenvalue weighted by atomic mass is 16.6. The van der Waals surface area contributed by atoms with Gasteiger partial charge < -0.3 is 9.47 Å². The number of aryl methyl sites for hydroxylation is 1. The van der Waals surface area contributed by atoms with E-state index < -0.39 is 0 Å². The topological polar surface area (TPSA) is 47.5 Å². The van der Waals surface area contributed by atoms with Crippen LogP contribution in [0.3, 0.4) is 0 Å². The molecule has 3 aromatic rings. The van der Waals surface area contributed by atoms with E-state index in [-0.39, 0.29) is 5.60 Å². The van der Waals surface area contributed by atoms with Crippen molar-refractivity contribution in [3.63, 3.8) is 0 Å². The Morgan fingerprint density at radius 3 is 2.17 bits per heavy atom. The summed E-state index contributed by atoms with van der Waals surface area (Å²) >= 11 is 0. The maximum absolute atomic E-state index is 5.78. The number of hydrogen-bond acceptors (Lipinski definition) is 4. The van der Waals surface area contributed by atoms with Crippen LogP contribution >= 0.6 is 0 Å². The van der Waals surface area contributed by atoms with Crippen LogP contribution in [0.1, 0.15) is 45.1 Å². The summed E-state index contributed by atoms with van der Waals surface area (Å²) in [5, 5.41) is 0. The molecule has 2 heterocycles. The second-order valence-corrected chi connectivity index (χ2v) is 8.35. The highest BCUT2D eigenvalue weighted by Crippen LogP contribution is 2.28. The second kappa shape index (κ2) is 9.40. The Balaban J connectivity index is 1.35. The number of nitrogens with zero attached hydrogens (tertiary/aromatic N) is 2. The Morgan fingerprint density at radius 1 is 0.867 bits per heavy atom. The molecule has 1 saturated heterocycles. The van der Waals surface area contributed by atoms with Crippen LogP contribution in [0.4, 0.5) is 0 Å². The minimum absolute atomic E-state index is 0.106. The number of hydrogen-bond donors (Lipinski definition) is 0. The number of benzene rings is 2. The Hall–Kier alpha value is -2.72. The fourth-order valence-electron chi connectivity index (χ4n) is 3.39. The Bertz CT molecular complexity index is 930. The maximum atomic E-state index is 5.78. The number of unbranched alkanes of at least 4 members (excludes halogenated alkanes) is 3. The van der Waals surface area contributed by atoms with E-state index in [1.54, 1.807) is 0 Å². The van der Waals surface area contributed by atoms with Crippen molar-refractivity contribution in [1.82, 2.24) is 9.97 Å². The number of ether oxygens (including phenoxy) is 2. The first kappa shape index (κ1) is 20.5. The standard InChI is InChI=1S/C26H30N2O2/c1-3-4-5-6-7-20-8-10-21(11-9-20)23-16-27-25(28-17-23)22-12-14-24(15-13-22)29-18-26(2)19-30-26/h8-17H,3-7,18-19H2,1-2H3/t26-/m0/s1. The van der Waals surface area contributed by atoms with Crippen LogP contribution in [-0.4, -0.2) is 28.8 Å². The zero-order chi connectivity index (χ0) is 20.8. The smallest absolute Gasteiger partial charge is 0.159 e. The Labute approximate surface area is 179 Å². The van der Waals surface area contributed by atoms with Crippen LogP contribution in [0.2, 0.25) is 0 Å². The molecule has 0 spiro atoms. The van der Waals surface area contributed by atoms with Gasteiger partial charge in [0.25, 0.3) is 0 Å². The van der Waals surface area contributed by atoms with Gasteiger partial charge in [-0.15, -0.1) is 0 Å². The average Bonchev–Trinajstić information content (AvgIpc) is 3.54. The molecule has 30 heavy (non-hydrogen) atoms. The summed E-state index contributed by atoms with van der Waals surface area (Å²) in [5.41, 5.74) is 4.46. The van der Waals surface area contributed by atoms with E-state index in [9.17, 15) is 0 Å². The lowest BCUT2D eigenvalue weighted by Gasteiger charge is -2.09. The predicted molar refractivity (Wildman–Crippen MR) is 121 cm³/mol. The van der Waals surface area contributed by atoms with E-state index in [1.165, 1.54) is 31.2 Å². The van der Waals surface area contributed by atoms with Crippen molar-refractivity contribution in [3.05, 3.63) is 66.5 Å². The predicted octanol–water partition coefficient (Wildman–Crippen LogP) is 6.10. The van der Waals surface area contributed by atoms with Gasteiger partial charge in [0.2, 0.25) is 0 Å². The maximum Gasteiger partial charge on any atom is 0.159 e. The number of aromatic nitrogens is 2. The third-order valence-corrected chi connectivity index (χ3v) is 5.55. The van der Waals surface area contributed by atoms with Gasteiger partial charge in [0.05, 0.1) is 6.61 Å². The molecule has 4 nitrogen and oxygen atoms in total. The summed E-state index contributed by atoms with van der Waals surface area (Å²) in [4.78, 5) is 9.14. The van der Waals surface area contributed by atoms with Crippen molar-refractivity contribution >= 4 is 0 Å². The summed E-state index contributed by atoms with van der Waals surface area (Å²) < 4.78 is 11.1. The Kier molecular flexibility index (Phi) is 6.44. The summed E-state index contributed by atoms with van der Waals surface area (Å²) in [7, 11) is 0. The highest BCUT2D eigenvalue weighted by molar-refractivity contribution is 5.64. The summed E-state index contributed by atoms with van der Waals surface area (Å²) in [6, 6.07) is 16.7. The van der Waals surface area contributed by atoms with Crippen LogP contribution < -0.4 is 4.74 Å². The number of rotatable bonds is 10. The lowest BCUT2D eigenvalue weighted by Crippen LogP contribution is -2.16. The van der Waals surface area contributed by atoms with Crippen molar-refractivity contribution in [2.24, 2.45) is 0 Å². The van der Waals surface area contributed by atoms with E-state index in [0.29, 0.717) is 6.61 Å². The molecule has 0 aliphatic carbocycles. The van der Waals surface area contributed by atoms with Crippen molar-refractivity contribution in [3.8, 4) is 28.3 Å². The van der Waals surface area contributed by atoms with Gasteiger partial charge in [-0.2, -0.15) is 0 Å². The lowest BCUT2D eigenvalue weighted by atomic mass is 10.0. The first-order chi connectivity index (χ1) is 14.6. The zero-order valence-electron chi connectivity index (χ0n) is 17.9. The zero-order valence-corrected chi connectivity index (χ0v) is 17.9. The molecule has 1 aliphatic heterocycles. The molecule has 156 valence electrons.